The molecule has 6 fully saturated rings. The van der Waals surface area contributed by atoms with Gasteiger partial charge >= 0.3 is 38.6 Å². The summed E-state index contributed by atoms with van der Waals surface area (Å²) in [4.78, 5) is 143. The van der Waals surface area contributed by atoms with Gasteiger partial charge in [0.1, 0.15) is 53.1 Å². The zero-order valence-electron chi connectivity index (χ0n) is 79.2. The van der Waals surface area contributed by atoms with Crippen molar-refractivity contribution >= 4 is 203 Å². The van der Waals surface area contributed by atoms with Crippen molar-refractivity contribution in [3.05, 3.63) is 111 Å². The summed E-state index contributed by atoms with van der Waals surface area (Å²) in [5.74, 6) is 3.60. The van der Waals surface area contributed by atoms with E-state index in [1.54, 1.807) is 51.5 Å². The normalized spacial score (nSPS) is 22.9. The first-order chi connectivity index (χ1) is 62.2. The van der Waals surface area contributed by atoms with Crippen LogP contribution in [0, 0.1) is 61.5 Å². The van der Waals surface area contributed by atoms with E-state index in [1.165, 1.54) is 37.8 Å². The van der Waals surface area contributed by atoms with Gasteiger partial charge in [-0.15, -0.1) is 45.3 Å². The highest BCUT2D eigenvalue weighted by Gasteiger charge is 2.58. The van der Waals surface area contributed by atoms with Gasteiger partial charge in [-0.3, -0.25) is 19.2 Å². The van der Waals surface area contributed by atoms with Crippen LogP contribution in [0.25, 0.3) is 61.9 Å². The number of halogens is 2. The Bertz CT molecular complexity index is 5680. The van der Waals surface area contributed by atoms with E-state index in [1.807, 2.05) is 126 Å². The number of imidazole rings is 4. The maximum Gasteiger partial charge on any atom is 0.508 e. The number of fused-ring (bicyclic) bond motifs is 4. The Morgan fingerprint density at radius 2 is 0.780 bits per heavy atom. The minimum Gasteiger partial charge on any atom is -0.453 e. The third-order valence-corrected chi connectivity index (χ3v) is 31.8. The van der Waals surface area contributed by atoms with Crippen molar-refractivity contribution < 1.29 is 75.9 Å². The molecule has 10 aromatic rings. The minimum atomic E-state index is -0.701. The number of benzene rings is 2. The van der Waals surface area contributed by atoms with Crippen LogP contribution < -0.4 is 30.8 Å². The number of nitrogens with zero attached hydrogens (tertiary/aromatic N) is 8. The summed E-state index contributed by atoms with van der Waals surface area (Å²) in [6.07, 6.45) is 4.41. The van der Waals surface area contributed by atoms with Gasteiger partial charge in [-0.2, -0.15) is 0 Å². The monoisotopic (exact) mass is 2110 g/mol. The molecule has 8 aromatic heterocycles. The number of carbonyl (C=O) groups is 8. The van der Waals surface area contributed by atoms with Crippen molar-refractivity contribution in [1.29, 1.82) is 0 Å². The topological polar surface area (TPSA) is 386 Å². The number of nitrogens with one attached hydrogen (secondary N) is 8. The van der Waals surface area contributed by atoms with Gasteiger partial charge in [0.15, 0.2) is 0 Å². The fraction of sp³-hybridized carbons (Fsp3) is 0.554. The van der Waals surface area contributed by atoms with Gasteiger partial charge in [0.2, 0.25) is 29.2 Å². The Hall–Kier alpha value is -8.62. The predicted molar refractivity (Wildman–Crippen MR) is 533 cm³/mol. The average molecular weight is 2110 g/mol. The highest BCUT2D eigenvalue weighted by Crippen LogP contribution is 2.47. The van der Waals surface area contributed by atoms with E-state index in [4.69, 9.17) is 43.0 Å². The molecule has 710 valence electrons. The molecule has 0 bridgehead atoms. The summed E-state index contributed by atoms with van der Waals surface area (Å²) in [6, 6.07) is 17.7. The molecule has 0 aliphatic carbocycles. The SMILES string of the molecule is COC(=O)N[C@H](C(=O)N1C[C@@H](C)C[C@H]1c1nc2ccc(I)cc2[nH]1)C(C)C.COC(=O)N[C@H](C(=O)N1C[C@@H](C)C[C@H]1c1ncc(-c2cc3sc(-c4ccc5nc([C@@H]6C[C@H](C)CN6C(=O)[C@@H](NC(=O)OC)C(C)C)[nH]c5c4)cc3s2)[nH]1)C(C)C.COC(=O)N[C@H](C(=O)N1C[C@@H](C)C[C@H]1c1ncc(I)[nH]1)C(C)C.[CH2+]C1(C)OB(c2cc3sc(B4OC(C)(C)C(C)(C)O4)cc3s2)OC1(C)C. The van der Waals surface area contributed by atoms with E-state index in [2.05, 4.69) is 200 Å². The summed E-state index contributed by atoms with van der Waals surface area (Å²) in [5, 5.41) is 10.8. The van der Waals surface area contributed by atoms with Crippen LogP contribution in [0.15, 0.2) is 73.1 Å². The van der Waals surface area contributed by atoms with Gasteiger partial charge in [-0.05, 0) is 220 Å². The number of hydrogen-bond acceptors (Lipinski definition) is 24. The Morgan fingerprint density at radius 1 is 0.439 bits per heavy atom. The number of ether oxygens (including phenoxy) is 4. The van der Waals surface area contributed by atoms with Crippen LogP contribution in [0.3, 0.4) is 0 Å². The molecule has 0 spiro atoms. The van der Waals surface area contributed by atoms with Crippen LogP contribution in [0.2, 0.25) is 0 Å². The van der Waals surface area contributed by atoms with Crippen LogP contribution >= 0.6 is 90.5 Å². The zero-order chi connectivity index (χ0) is 96.0. The van der Waals surface area contributed by atoms with Crippen LogP contribution in [0.5, 0.6) is 0 Å². The van der Waals surface area contributed by atoms with Crippen molar-refractivity contribution in [2.24, 2.45) is 47.3 Å². The lowest BCUT2D eigenvalue weighted by molar-refractivity contribution is -0.136. The molecular weight excluding hydrogens is 1990 g/mol. The molecule has 32 nitrogen and oxygen atoms in total. The van der Waals surface area contributed by atoms with Crippen LogP contribution in [-0.2, 0) is 56.7 Å². The number of aromatic nitrogens is 8. The molecule has 13 atom stereocenters. The van der Waals surface area contributed by atoms with E-state index in [0.717, 1.165) is 118 Å². The lowest BCUT2D eigenvalue weighted by atomic mass is 9.88. The van der Waals surface area contributed by atoms with Gasteiger partial charge < -0.3 is 98.4 Å². The number of thiophene rings is 4. The first-order valence-electron chi connectivity index (χ1n) is 44.8. The summed E-state index contributed by atoms with van der Waals surface area (Å²) in [5.41, 5.74) is 3.92. The summed E-state index contributed by atoms with van der Waals surface area (Å²) in [6.45, 7) is 44.7. The van der Waals surface area contributed by atoms with Crippen molar-refractivity contribution in [3.63, 3.8) is 0 Å². The van der Waals surface area contributed by atoms with Gasteiger partial charge in [0.05, 0.1) is 119 Å². The number of amides is 8. The Morgan fingerprint density at radius 3 is 1.15 bits per heavy atom. The van der Waals surface area contributed by atoms with E-state index in [9.17, 15) is 38.4 Å². The third-order valence-electron chi connectivity index (χ3n) is 25.9. The van der Waals surface area contributed by atoms with E-state index >= 15 is 0 Å². The molecule has 14 heterocycles. The molecule has 40 heteroatoms. The molecule has 0 radical (unpaired) electrons. The zero-order valence-corrected chi connectivity index (χ0v) is 86.8. The lowest BCUT2D eigenvalue weighted by Gasteiger charge is -2.32. The van der Waals surface area contributed by atoms with Gasteiger partial charge in [0.25, 0.3) is 0 Å². The second kappa shape index (κ2) is 41.1. The van der Waals surface area contributed by atoms with Crippen molar-refractivity contribution in [2.75, 3.05) is 54.6 Å². The van der Waals surface area contributed by atoms with E-state index in [-0.39, 0.29) is 109 Å². The van der Waals surface area contributed by atoms with E-state index in [0.29, 0.717) is 38.0 Å². The number of H-pyrrole nitrogens is 4. The van der Waals surface area contributed by atoms with Gasteiger partial charge in [-0.25, -0.2) is 39.1 Å². The van der Waals surface area contributed by atoms with Gasteiger partial charge in [-0.1, -0.05) is 89.2 Å². The predicted octanol–water partition coefficient (Wildman–Crippen LogP) is 16.6. The van der Waals surface area contributed by atoms with Gasteiger partial charge in [0, 0.05) is 69.9 Å². The standard InChI is InChI=1S/C40H50N8O6S2.C19H25IN4O3.C18H25B2O4S2.C15H23IN4O3/c1-19(2)33(45-39(51)53-7)37(49)47-17-21(5)11-27(47)35-41-16-26(44-35)30-15-32-31(56-30)14-29(55-32)23-9-10-24-25(13-23)43-36(42-24)28-12-22(6)18-48(28)38(50)34(20(3)4)46-40(52)54-8;1-10(2)16(23-19(26)27-4)18(25)24-9-11(3)7-15(24)17-21-13-6-5-12(20)8-14(13)22-17;1-15(2)16(3,4)22-19(21-15)13-9-11-12(25-13)10-14(26-11)20-23-17(5,6)18(7,8)24-20;1-8(2)12(19-15(22)23-4)14(21)20-7-9(3)5-10(20)13-17-6-11(16)18-13/h9-10,13-16,19-22,27-28,33-34H,11-12,17-18H2,1-8H3,(H,41,44)(H,42,43)(H,45,51)(H,46,52);5-6,8,10-11,15-16H,7,9H2,1-4H3,(H,21,22)(H,23,26);9-10H,1H2,2-8H3;6,8-10,12H,5,7H2,1-4H3,(H,17,18)(H,19,22)/q;;+1;/t21-,22-,27-,28-,33-,34-;11-,15-,16-;;9-,10-,12-/m00.0/s1. The van der Waals surface area contributed by atoms with Crippen molar-refractivity contribution in [3.8, 4) is 21.0 Å². The molecule has 6 aliphatic rings. The molecule has 16 rings (SSSR count). The van der Waals surface area contributed by atoms with Crippen molar-refractivity contribution in [2.45, 2.75) is 228 Å². The number of likely N-dealkylation sites (tertiary alicyclic amines) is 4. The number of methoxy groups -OCH3 is 4. The second-order valence-corrected chi connectivity index (χ2v) is 45.4. The molecule has 132 heavy (non-hydrogen) atoms. The number of hydrogen-bond donors (Lipinski definition) is 8. The minimum absolute atomic E-state index is 0.0325. The quantitative estimate of drug-likeness (QED) is 0.0152. The number of rotatable bonds is 20. The largest absolute Gasteiger partial charge is 0.508 e. The average Bonchev–Trinajstić information content (AvgIpc) is 1.59. The number of carbonyl (C=O) groups excluding carboxylic acids is 8. The second-order valence-electron chi connectivity index (χ2n) is 38.6. The molecule has 8 amide bonds. The maximum atomic E-state index is 13.8. The molecule has 1 unspecified atom stereocenters. The molecule has 6 saturated heterocycles. The maximum absolute atomic E-state index is 13.8. The van der Waals surface area contributed by atoms with Crippen LogP contribution in [0.4, 0.5) is 19.2 Å². The summed E-state index contributed by atoms with van der Waals surface area (Å²) < 4.78 is 52.4. The first kappa shape index (κ1) is 101. The third kappa shape index (κ3) is 22.2. The van der Waals surface area contributed by atoms with Crippen LogP contribution in [-0.4, -0.2) is 223 Å². The highest BCUT2D eigenvalue weighted by molar-refractivity contribution is 14.1. The molecule has 0 saturated carbocycles. The van der Waals surface area contributed by atoms with Crippen molar-refractivity contribution in [1.82, 2.24) is 80.7 Å². The molecule has 8 N–H and O–H groups in total. The molecule has 6 aliphatic heterocycles. The summed E-state index contributed by atoms with van der Waals surface area (Å²) >= 11 is 11.3. The molecule has 2 aromatic carbocycles. The Kier molecular flexibility index (Phi) is 31.4. The first-order valence-corrected chi connectivity index (χ1v) is 50.2. The number of alkyl carbamates (subject to hydrolysis) is 4. The highest BCUT2D eigenvalue weighted by atomic mass is 127. The molecular formula is C92H123B2I2N16O16S4+. The fourth-order valence-electron chi connectivity index (χ4n) is 17.4. The smallest absolute Gasteiger partial charge is 0.453 e. The van der Waals surface area contributed by atoms with E-state index < -0.39 is 59.7 Å². The summed E-state index contributed by atoms with van der Waals surface area (Å²) in [7, 11) is 4.51. The fourth-order valence-corrected chi connectivity index (χ4v) is 23.0. The Labute approximate surface area is 814 Å². The van der Waals surface area contributed by atoms with Crippen LogP contribution in [0.1, 0.15) is 205 Å². The number of aromatic amines is 4. The Balaban J connectivity index is 0.000000163. The lowest BCUT2D eigenvalue weighted by Crippen LogP contribution is -2.51.